The van der Waals surface area contributed by atoms with E-state index in [0.29, 0.717) is 33.9 Å². The molecule has 0 aliphatic rings. The minimum absolute atomic E-state index is 0. The number of phenols is 2. The molecule has 0 fully saturated rings. The van der Waals surface area contributed by atoms with Crippen LogP contribution in [-0.4, -0.2) is 62.3 Å². The number of phenolic OH excluding ortho intramolecular Hbond substituents is 2. The Bertz CT molecular complexity index is 2200. The van der Waals surface area contributed by atoms with Crippen LogP contribution in [0.5, 0.6) is 23.3 Å². The third-order valence-electron chi connectivity index (χ3n) is 7.31. The molecular formula is C34H26Cl2CoN8O8. The van der Waals surface area contributed by atoms with Gasteiger partial charge < -0.3 is 20.4 Å². The number of aromatic hydroxyl groups is 4. The van der Waals surface area contributed by atoms with Gasteiger partial charge in [0.15, 0.2) is 11.5 Å². The second-order valence-electron chi connectivity index (χ2n) is 10.8. The maximum atomic E-state index is 10.9. The molecule has 0 spiro atoms. The van der Waals surface area contributed by atoms with Crippen LogP contribution in [0, 0.1) is 34.1 Å². The van der Waals surface area contributed by atoms with Gasteiger partial charge in [0.05, 0.1) is 53.8 Å². The van der Waals surface area contributed by atoms with Crippen LogP contribution < -0.4 is 0 Å². The number of para-hydroxylation sites is 2. The van der Waals surface area contributed by atoms with Crippen LogP contribution in [0.2, 0.25) is 10.0 Å². The van der Waals surface area contributed by atoms with E-state index in [1.165, 1.54) is 21.8 Å². The summed E-state index contributed by atoms with van der Waals surface area (Å²) in [5.74, 6) is -1.07. The molecule has 4 N–H and O–H groups in total. The van der Waals surface area contributed by atoms with Crippen LogP contribution in [0.15, 0.2) is 94.9 Å². The quantitative estimate of drug-likeness (QED) is 0.0663. The molecule has 6 rings (SSSR count). The van der Waals surface area contributed by atoms with Gasteiger partial charge in [-0.1, -0.05) is 59.6 Å². The fourth-order valence-electron chi connectivity index (χ4n) is 4.67. The zero-order chi connectivity index (χ0) is 37.7. The standard InChI is InChI=1S/2C17H13ClN4O4.Co/c2*1-10-13(17(24)21(20-10)11-5-3-2-4-6-11)9-19-15-8-12(22(25)26)7-14(18)16(15)23;/h2*2-9,23-24H,1H3;. The van der Waals surface area contributed by atoms with Crippen molar-refractivity contribution in [1.29, 1.82) is 0 Å². The summed E-state index contributed by atoms with van der Waals surface area (Å²) in [6.07, 6.45) is 2.54. The summed E-state index contributed by atoms with van der Waals surface area (Å²) >= 11 is 11.6. The largest absolute Gasteiger partial charge is 0.504 e. The zero-order valence-corrected chi connectivity index (χ0v) is 29.9. The zero-order valence-electron chi connectivity index (χ0n) is 27.3. The van der Waals surface area contributed by atoms with E-state index in [9.17, 15) is 40.7 Å². The maximum absolute atomic E-state index is 10.9. The van der Waals surface area contributed by atoms with Gasteiger partial charge in [-0.15, -0.1) is 0 Å². The molecule has 19 heteroatoms. The first kappa shape index (κ1) is 39.5. The van der Waals surface area contributed by atoms with Crippen LogP contribution in [0.4, 0.5) is 22.7 Å². The van der Waals surface area contributed by atoms with E-state index in [4.69, 9.17) is 23.2 Å². The number of non-ortho nitro benzene ring substituents is 2. The molecule has 0 saturated carbocycles. The topological polar surface area (TPSA) is 228 Å². The molecule has 2 aromatic heterocycles. The Hall–Kier alpha value is -6.27. The molecule has 273 valence electrons. The van der Waals surface area contributed by atoms with Crippen molar-refractivity contribution in [2.75, 3.05) is 0 Å². The Morgan fingerprint density at radius 2 is 0.981 bits per heavy atom. The Balaban J connectivity index is 0.000000232. The number of halogens is 2. The summed E-state index contributed by atoms with van der Waals surface area (Å²) in [7, 11) is 0. The number of rotatable bonds is 8. The van der Waals surface area contributed by atoms with E-state index in [0.717, 1.165) is 24.3 Å². The molecule has 0 bridgehead atoms. The van der Waals surface area contributed by atoms with Crippen molar-refractivity contribution in [3.63, 3.8) is 0 Å². The fraction of sp³-hybridized carbons (Fsp3) is 0.0588. The minimum Gasteiger partial charge on any atom is -0.504 e. The Morgan fingerprint density at radius 1 is 0.642 bits per heavy atom. The van der Waals surface area contributed by atoms with E-state index < -0.39 is 9.85 Å². The van der Waals surface area contributed by atoms with Crippen molar-refractivity contribution in [2.24, 2.45) is 9.98 Å². The van der Waals surface area contributed by atoms with E-state index in [1.807, 2.05) is 36.4 Å². The number of aromatic nitrogens is 4. The average molecular weight is 804 g/mol. The van der Waals surface area contributed by atoms with Crippen molar-refractivity contribution >= 4 is 58.4 Å². The van der Waals surface area contributed by atoms with Crippen LogP contribution in [0.1, 0.15) is 22.5 Å². The number of aliphatic imine (C=N–C) groups is 2. The Morgan fingerprint density at radius 3 is 1.30 bits per heavy atom. The Kier molecular flexibility index (Phi) is 12.5. The summed E-state index contributed by atoms with van der Waals surface area (Å²) in [6, 6.07) is 22.3. The number of nitro benzene ring substituents is 2. The molecule has 0 aliphatic heterocycles. The van der Waals surface area contributed by atoms with E-state index >= 15 is 0 Å². The third-order valence-corrected chi connectivity index (χ3v) is 7.88. The van der Waals surface area contributed by atoms with Gasteiger partial charge in [-0.05, 0) is 38.1 Å². The second kappa shape index (κ2) is 16.8. The van der Waals surface area contributed by atoms with Crippen molar-refractivity contribution < 1.29 is 47.1 Å². The second-order valence-corrected chi connectivity index (χ2v) is 11.6. The van der Waals surface area contributed by atoms with Crippen molar-refractivity contribution in [1.82, 2.24) is 19.6 Å². The molecule has 53 heavy (non-hydrogen) atoms. The first-order valence-electron chi connectivity index (χ1n) is 14.9. The normalized spacial score (nSPS) is 10.9. The predicted octanol–water partition coefficient (Wildman–Crippen LogP) is 7.81. The van der Waals surface area contributed by atoms with E-state index in [-0.39, 0.29) is 72.8 Å². The molecule has 0 unspecified atom stereocenters. The van der Waals surface area contributed by atoms with Crippen LogP contribution >= 0.6 is 23.2 Å². The summed E-state index contributed by atoms with van der Waals surface area (Å²) in [6.45, 7) is 3.36. The van der Waals surface area contributed by atoms with Gasteiger partial charge >= 0.3 is 0 Å². The molecule has 6 aromatic rings. The van der Waals surface area contributed by atoms with Crippen LogP contribution in [-0.2, 0) is 16.8 Å². The van der Waals surface area contributed by atoms with Gasteiger partial charge in [0, 0.05) is 53.5 Å². The van der Waals surface area contributed by atoms with Crippen molar-refractivity contribution in [3.8, 4) is 34.6 Å². The van der Waals surface area contributed by atoms with E-state index in [2.05, 4.69) is 20.2 Å². The van der Waals surface area contributed by atoms with Gasteiger partial charge in [0.25, 0.3) is 11.4 Å². The number of nitrogens with zero attached hydrogens (tertiary/aromatic N) is 8. The molecule has 16 nitrogen and oxygen atoms in total. The monoisotopic (exact) mass is 803 g/mol. The SMILES string of the molecule is Cc1nn(-c2ccccc2)c(O)c1C=Nc1cc([N+](=O)[O-])cc(Cl)c1O.Cc1nn(-c2ccccc2)c(O)c1C=Nc1cc([N+](=O)[O-])cc(Cl)c1O.[Co]. The van der Waals surface area contributed by atoms with Crippen molar-refractivity contribution in [2.45, 2.75) is 13.8 Å². The molecule has 0 amide bonds. The van der Waals surface area contributed by atoms with Gasteiger partial charge in [-0.3, -0.25) is 30.2 Å². The summed E-state index contributed by atoms with van der Waals surface area (Å²) < 4.78 is 2.69. The number of nitro groups is 2. The molecule has 1 radical (unpaired) electrons. The molecule has 2 heterocycles. The van der Waals surface area contributed by atoms with Crippen LogP contribution in [0.3, 0.4) is 0 Å². The summed E-state index contributed by atoms with van der Waals surface area (Å²) in [4.78, 5) is 28.6. The average Bonchev–Trinajstić information content (AvgIpc) is 3.58. The first-order valence-corrected chi connectivity index (χ1v) is 15.6. The number of aryl methyl sites for hydroxylation is 2. The molecule has 4 aromatic carbocycles. The van der Waals surface area contributed by atoms with Gasteiger partial charge in [-0.2, -0.15) is 10.2 Å². The van der Waals surface area contributed by atoms with Gasteiger partial charge in [0.1, 0.15) is 11.4 Å². The smallest absolute Gasteiger partial charge is 0.273 e. The summed E-state index contributed by atoms with van der Waals surface area (Å²) in [5.41, 5.74) is 2.15. The first-order chi connectivity index (χ1) is 24.8. The maximum Gasteiger partial charge on any atom is 0.273 e. The molecule has 0 aliphatic carbocycles. The van der Waals surface area contributed by atoms with E-state index in [1.54, 1.807) is 38.1 Å². The number of hydrogen-bond donors (Lipinski definition) is 4. The number of benzene rings is 4. The molecular weight excluding hydrogens is 778 g/mol. The van der Waals surface area contributed by atoms with Crippen LogP contribution in [0.25, 0.3) is 11.4 Å². The fourth-order valence-corrected chi connectivity index (χ4v) is 5.09. The number of hydrogen-bond acceptors (Lipinski definition) is 12. The molecule has 0 saturated heterocycles. The third kappa shape index (κ3) is 8.79. The Labute approximate surface area is 320 Å². The summed E-state index contributed by atoms with van der Waals surface area (Å²) in [5, 5.41) is 70.7. The predicted molar refractivity (Wildman–Crippen MR) is 194 cm³/mol. The van der Waals surface area contributed by atoms with Gasteiger partial charge in [-0.25, -0.2) is 9.36 Å². The van der Waals surface area contributed by atoms with Crippen molar-refractivity contribution in [3.05, 3.63) is 138 Å². The van der Waals surface area contributed by atoms with Gasteiger partial charge in [0.2, 0.25) is 11.8 Å². The minimum atomic E-state index is -0.638. The molecule has 0 atom stereocenters.